The van der Waals surface area contributed by atoms with Crippen molar-refractivity contribution in [2.24, 2.45) is 0 Å². The Kier molecular flexibility index (Phi) is 32.6. The first-order chi connectivity index (χ1) is 49.5. The van der Waals surface area contributed by atoms with Gasteiger partial charge >= 0.3 is 68.1 Å². The Hall–Kier alpha value is -9.09. The molecule has 110 heavy (non-hydrogen) atoms. The molecule has 0 saturated heterocycles. The molecule has 0 fully saturated rings. The largest absolute Gasteiger partial charge is 0 e. The predicted octanol–water partition coefficient (Wildman–Crippen LogP) is 26.5. The van der Waals surface area contributed by atoms with Crippen LogP contribution in [0.1, 0.15) is 86.1 Å². The molecule has 8 heterocycles. The molecule has 0 aliphatic rings. The molecule has 0 N–H and O–H groups in total. The van der Waals surface area contributed by atoms with E-state index in [0.717, 1.165) is 93.6 Å². The molecule has 0 bridgehead atoms. The molecule has 8 nitrogen and oxygen atoms in total. The van der Waals surface area contributed by atoms with Crippen LogP contribution in [-0.2, 0) is 51.0 Å². The topological polar surface area (TPSA) is 103 Å². The minimum absolute atomic E-state index is 0. The van der Waals surface area contributed by atoms with Crippen LogP contribution in [-0.4, -0.2) is 46.5 Å². The Balaban J connectivity index is 0.000000330. The molecule has 0 spiro atoms. The number of aryl methyl sites for hydroxylation is 6. The Bertz CT molecular complexity index is 4460. The van der Waals surface area contributed by atoms with Gasteiger partial charge in [-0.1, -0.05) is 137 Å². The number of pyridine rings is 8. The van der Waals surface area contributed by atoms with Crippen molar-refractivity contribution < 1.29 is 122 Å². The number of aromatic nitrogens is 8. The predicted molar refractivity (Wildman–Crippen MR) is 386 cm³/mol. The van der Waals surface area contributed by atoms with Crippen LogP contribution in [0.15, 0.2) is 195 Å². The van der Waals surface area contributed by atoms with Gasteiger partial charge in [0.15, 0.2) is 0 Å². The normalized spacial score (nSPS) is 12.1. The van der Waals surface area contributed by atoms with Crippen molar-refractivity contribution in [2.75, 3.05) is 6.66 Å². The van der Waals surface area contributed by atoms with Crippen LogP contribution in [0.25, 0.3) is 67.8 Å². The fraction of sp³-hybridized carbons (Fsp3) is 0.190. The van der Waals surface area contributed by atoms with Gasteiger partial charge in [0, 0.05) is 136 Å². The fourth-order valence-electron chi connectivity index (χ4n) is 8.45. The van der Waals surface area contributed by atoms with Crippen molar-refractivity contribution in [1.82, 2.24) is 39.9 Å². The summed E-state index contributed by atoms with van der Waals surface area (Å²) in [6.45, 7) is 24.0. The van der Waals surface area contributed by atoms with Gasteiger partial charge in [-0.15, -0.1) is 48.5 Å². The number of nitrogens with zero attached hydrogens (tertiary/aromatic N) is 8. The number of benzene rings is 4. The first-order valence-corrected chi connectivity index (χ1v) is 36.5. The Morgan fingerprint density at radius 1 is 0.273 bits per heavy atom. The standard InChI is InChI=1S/C18H24N2.4C12H8F2N.C12H12N2.CH3F5P.F6P.2Ir/c1-17(2,3)13-7-9-19-15(11-13)16-12-14(8-10-20-16)18(4,5)6;4*1-8-2-5-12(15-7-8)10-4-3-9(13)6-11(10)14;1-9-3-5-13-11(7-9)12-8-10(2)4-6-14-12;2*1-7(2,3,4,5)6;;/h7-12H,1-6H3;4*2-3,5-7H,1H3;3-8H,1-2H3;1H3;;;/q;4*-1;;2*-1;;. The summed E-state index contributed by atoms with van der Waals surface area (Å²) < 4.78 is 216. The van der Waals surface area contributed by atoms with E-state index in [2.05, 4.69) is 144 Å². The van der Waals surface area contributed by atoms with E-state index in [1.54, 1.807) is 49.1 Å². The second kappa shape index (κ2) is 37.7. The van der Waals surface area contributed by atoms with Gasteiger partial charge < -0.3 is 19.9 Å². The van der Waals surface area contributed by atoms with Gasteiger partial charge in [0.05, 0.1) is 22.8 Å². The molecule has 0 unspecified atom stereocenters. The van der Waals surface area contributed by atoms with Gasteiger partial charge in [0.2, 0.25) is 0 Å². The van der Waals surface area contributed by atoms with Gasteiger partial charge in [0.1, 0.15) is 0 Å². The molecular weight excluding hydrogens is 1870 g/mol. The maximum atomic E-state index is 13.3. The summed E-state index contributed by atoms with van der Waals surface area (Å²) >= 11 is 0. The minimum Gasteiger partial charge on any atom is 0 e. The van der Waals surface area contributed by atoms with Crippen LogP contribution in [0.4, 0.5) is 81.3 Å². The maximum Gasteiger partial charge on any atom is 0 e. The van der Waals surface area contributed by atoms with Gasteiger partial charge in [-0.2, -0.15) is 0 Å². The van der Waals surface area contributed by atoms with E-state index in [0.29, 0.717) is 22.8 Å². The van der Waals surface area contributed by atoms with Crippen molar-refractivity contribution in [1.29, 1.82) is 0 Å². The molecule has 2 radical (unpaired) electrons. The third-order valence-electron chi connectivity index (χ3n) is 13.7. The molecule has 12 rings (SSSR count). The van der Waals surface area contributed by atoms with Gasteiger partial charge in [-0.3, -0.25) is 55.1 Å². The molecule has 4 aromatic carbocycles. The molecule has 0 saturated carbocycles. The third kappa shape index (κ3) is 37.5. The van der Waals surface area contributed by atoms with E-state index in [1.165, 1.54) is 22.3 Å². The molecule has 0 atom stereocenters. The molecule has 12 aromatic rings. The number of rotatable bonds is 6. The fourth-order valence-corrected chi connectivity index (χ4v) is 8.45. The number of hydrogen-bond acceptors (Lipinski definition) is 8. The van der Waals surface area contributed by atoms with E-state index >= 15 is 0 Å². The van der Waals surface area contributed by atoms with E-state index < -0.39 is 68.5 Å². The van der Waals surface area contributed by atoms with E-state index in [4.69, 9.17) is 0 Å². The van der Waals surface area contributed by atoms with Crippen molar-refractivity contribution >= 4 is 15.3 Å². The van der Waals surface area contributed by atoms with Crippen LogP contribution in [0.2, 0.25) is 0 Å². The summed E-state index contributed by atoms with van der Waals surface area (Å²) in [6, 6.07) is 48.3. The second-order valence-corrected chi connectivity index (χ2v) is 31.2. The summed E-state index contributed by atoms with van der Waals surface area (Å²) in [5.74, 6) is -5.13. The zero-order valence-corrected chi connectivity index (χ0v) is 67.4. The Morgan fingerprint density at radius 2 is 0.473 bits per heavy atom. The van der Waals surface area contributed by atoms with Crippen molar-refractivity contribution in [3.8, 4) is 67.8 Å². The van der Waals surface area contributed by atoms with Gasteiger partial charge in [-0.05, 0) is 168 Å². The number of halogens is 19. The van der Waals surface area contributed by atoms with Crippen molar-refractivity contribution in [3.63, 3.8) is 0 Å². The quantitative estimate of drug-likeness (QED) is 0.0921. The Morgan fingerprint density at radius 3 is 0.645 bits per heavy atom. The smallest absolute Gasteiger partial charge is 0 e. The zero-order chi connectivity index (χ0) is 81.1. The molecule has 0 amide bonds. The van der Waals surface area contributed by atoms with Crippen molar-refractivity contribution in [3.05, 3.63) is 310 Å². The minimum atomic E-state index is -10.7. The van der Waals surface area contributed by atoms with Crippen LogP contribution >= 0.6 is 15.3 Å². The molecule has 0 aliphatic carbocycles. The summed E-state index contributed by atoms with van der Waals surface area (Å²) in [6.07, 6.45) is 13.9. The van der Waals surface area contributed by atoms with Crippen molar-refractivity contribution in [2.45, 2.75) is 93.9 Å². The molecular formula is C79H71F19Ir2N8P2-6. The molecule has 31 heteroatoms. The first-order valence-electron chi connectivity index (χ1n) is 31.9. The molecule has 0 aliphatic heterocycles. The van der Waals surface area contributed by atoms with Gasteiger partial charge in [-0.25, -0.2) is 0 Å². The van der Waals surface area contributed by atoms with E-state index in [9.17, 15) is 81.3 Å². The molecule has 8 aromatic heterocycles. The molecule has 594 valence electrons. The second-order valence-electron chi connectivity index (χ2n) is 26.3. The monoisotopic (exact) mass is 1940 g/mol. The third-order valence-corrected chi connectivity index (χ3v) is 13.7. The van der Waals surface area contributed by atoms with Crippen LogP contribution in [0.3, 0.4) is 0 Å². The van der Waals surface area contributed by atoms with E-state index in [-0.39, 0.29) is 73.3 Å². The SMILES string of the molecule is CC(C)(C)c1ccnc(-c2cc(C(C)(C)C)ccn2)c1.C[P-](F)(F)(F)(F)F.Cc1ccc(-c2[c-]cc(F)cc2F)nc1.Cc1ccc(-c2[c-]cc(F)cc2F)nc1.Cc1ccc(-c2[c-]cc(F)cc2F)nc1.Cc1ccc(-c2[c-]cc(F)cc2F)nc1.Cc1ccnc(-c2cc(C)ccn2)c1.F[P-](F)(F)(F)(F)F.[Ir].[Ir]. The summed E-state index contributed by atoms with van der Waals surface area (Å²) in [5, 5.41) is 0. The number of hydrogen-bond donors (Lipinski definition) is 0. The van der Waals surface area contributed by atoms with Crippen LogP contribution < -0.4 is 0 Å². The summed E-state index contributed by atoms with van der Waals surface area (Å²) in [5.41, 5.74) is 15.5. The maximum absolute atomic E-state index is 13.3. The summed E-state index contributed by atoms with van der Waals surface area (Å²) in [4.78, 5) is 33.7. The Labute approximate surface area is 651 Å². The van der Waals surface area contributed by atoms with Crippen LogP contribution in [0.5, 0.6) is 0 Å². The van der Waals surface area contributed by atoms with Crippen LogP contribution in [0, 0.1) is 112 Å². The average molecular weight is 1940 g/mol. The van der Waals surface area contributed by atoms with Gasteiger partial charge in [0.25, 0.3) is 0 Å². The summed E-state index contributed by atoms with van der Waals surface area (Å²) in [7, 11) is -19.8. The zero-order valence-electron chi connectivity index (χ0n) is 60.8. The average Bonchev–Trinajstić information content (AvgIpc) is 0.786. The first kappa shape index (κ1) is 95.1. The van der Waals surface area contributed by atoms with E-state index in [1.807, 2.05) is 101 Å².